The Hall–Kier alpha value is -1.35. The third-order valence-electron chi connectivity index (χ3n) is 3.34. The van der Waals surface area contributed by atoms with Crippen molar-refractivity contribution in [3.63, 3.8) is 0 Å². The molecule has 1 aliphatic rings. The summed E-state index contributed by atoms with van der Waals surface area (Å²) < 4.78 is 11.7. The van der Waals surface area contributed by atoms with E-state index in [9.17, 15) is 9.59 Å². The van der Waals surface area contributed by atoms with E-state index in [1.165, 1.54) is 4.90 Å². The molecule has 120 valence electrons. The summed E-state index contributed by atoms with van der Waals surface area (Å²) in [7, 11) is 1.61. The molecule has 7 heteroatoms. The number of ether oxygens (including phenoxy) is 2. The topological polar surface area (TPSA) is 59.1 Å². The van der Waals surface area contributed by atoms with Crippen molar-refractivity contribution in [2.45, 2.75) is 0 Å². The Kier molecular flexibility index (Phi) is 6.44. The maximum atomic E-state index is 12.1. The standard InChI is InChI=1S/C15H19IN2O4/c1-17(10-14(19)18-6-8-21-9-7-18)15(20)11-22-13-4-2-12(16)3-5-13/h2-5H,6-11H2,1H3. The maximum Gasteiger partial charge on any atom is 0.260 e. The fourth-order valence-electron chi connectivity index (χ4n) is 1.99. The highest BCUT2D eigenvalue weighted by molar-refractivity contribution is 14.1. The Morgan fingerprint density at radius 3 is 2.55 bits per heavy atom. The summed E-state index contributed by atoms with van der Waals surface area (Å²) in [5.74, 6) is 0.357. The molecule has 0 aromatic heterocycles. The molecule has 22 heavy (non-hydrogen) atoms. The number of rotatable bonds is 5. The maximum absolute atomic E-state index is 12.1. The van der Waals surface area contributed by atoms with Crippen LogP contribution in [0.4, 0.5) is 0 Å². The molecule has 0 aliphatic carbocycles. The van der Waals surface area contributed by atoms with E-state index in [0.29, 0.717) is 32.1 Å². The first kappa shape index (κ1) is 17.0. The van der Waals surface area contributed by atoms with Gasteiger partial charge in [0.1, 0.15) is 5.75 Å². The summed E-state index contributed by atoms with van der Waals surface area (Å²) in [6, 6.07) is 7.44. The first-order chi connectivity index (χ1) is 10.6. The number of carbonyl (C=O) groups is 2. The van der Waals surface area contributed by atoms with E-state index in [-0.39, 0.29) is 25.0 Å². The van der Waals surface area contributed by atoms with Crippen molar-refractivity contribution in [3.8, 4) is 5.75 Å². The third-order valence-corrected chi connectivity index (χ3v) is 4.06. The van der Waals surface area contributed by atoms with Gasteiger partial charge in [0.25, 0.3) is 5.91 Å². The van der Waals surface area contributed by atoms with Crippen LogP contribution >= 0.6 is 22.6 Å². The van der Waals surface area contributed by atoms with Gasteiger partial charge in [-0.2, -0.15) is 0 Å². The zero-order valence-corrected chi connectivity index (χ0v) is 14.6. The number of hydrogen-bond acceptors (Lipinski definition) is 4. The molecule has 1 aromatic rings. The number of benzene rings is 1. The lowest BCUT2D eigenvalue weighted by Crippen LogP contribution is -2.46. The summed E-state index contributed by atoms with van der Waals surface area (Å²) in [6.45, 7) is 2.26. The Morgan fingerprint density at radius 1 is 1.27 bits per heavy atom. The number of nitrogens with zero attached hydrogens (tertiary/aromatic N) is 2. The molecule has 1 saturated heterocycles. The molecule has 1 heterocycles. The fourth-order valence-corrected chi connectivity index (χ4v) is 2.35. The number of hydrogen-bond donors (Lipinski definition) is 0. The number of halogens is 1. The van der Waals surface area contributed by atoms with Gasteiger partial charge in [0.15, 0.2) is 6.61 Å². The quantitative estimate of drug-likeness (QED) is 0.670. The zero-order valence-electron chi connectivity index (χ0n) is 12.5. The van der Waals surface area contributed by atoms with Gasteiger partial charge in [0, 0.05) is 23.7 Å². The number of carbonyl (C=O) groups excluding carboxylic acids is 2. The van der Waals surface area contributed by atoms with Crippen molar-refractivity contribution in [1.29, 1.82) is 0 Å². The van der Waals surface area contributed by atoms with Crippen LogP contribution in [0.2, 0.25) is 0 Å². The molecular weight excluding hydrogens is 399 g/mol. The molecule has 0 bridgehead atoms. The minimum Gasteiger partial charge on any atom is -0.484 e. The highest BCUT2D eigenvalue weighted by Crippen LogP contribution is 2.13. The summed E-state index contributed by atoms with van der Waals surface area (Å²) in [4.78, 5) is 27.2. The van der Waals surface area contributed by atoms with Gasteiger partial charge >= 0.3 is 0 Å². The molecule has 1 fully saturated rings. The highest BCUT2D eigenvalue weighted by Gasteiger charge is 2.20. The molecule has 0 atom stereocenters. The molecule has 0 N–H and O–H groups in total. The van der Waals surface area contributed by atoms with Crippen molar-refractivity contribution in [2.24, 2.45) is 0 Å². The van der Waals surface area contributed by atoms with Gasteiger partial charge in [0.05, 0.1) is 19.8 Å². The number of amides is 2. The Labute approximate surface area is 143 Å². The summed E-state index contributed by atoms with van der Waals surface area (Å²) in [5.41, 5.74) is 0. The average molecular weight is 418 g/mol. The zero-order chi connectivity index (χ0) is 15.9. The van der Waals surface area contributed by atoms with Gasteiger partial charge < -0.3 is 19.3 Å². The van der Waals surface area contributed by atoms with Gasteiger partial charge in [-0.3, -0.25) is 9.59 Å². The molecule has 6 nitrogen and oxygen atoms in total. The van der Waals surface area contributed by atoms with E-state index in [0.717, 1.165) is 3.57 Å². The first-order valence-corrected chi connectivity index (χ1v) is 8.12. The lowest BCUT2D eigenvalue weighted by Gasteiger charge is -2.28. The smallest absolute Gasteiger partial charge is 0.260 e. The first-order valence-electron chi connectivity index (χ1n) is 7.04. The minimum absolute atomic E-state index is 0.0617. The lowest BCUT2D eigenvalue weighted by atomic mass is 10.3. The van der Waals surface area contributed by atoms with E-state index in [1.807, 2.05) is 24.3 Å². The number of likely N-dealkylation sites (N-methyl/N-ethyl adjacent to an activating group) is 1. The summed E-state index contributed by atoms with van der Waals surface area (Å²) in [6.07, 6.45) is 0. The van der Waals surface area contributed by atoms with Gasteiger partial charge in [-0.1, -0.05) is 0 Å². The van der Waals surface area contributed by atoms with Crippen LogP contribution in [0, 0.1) is 3.57 Å². The number of morpholine rings is 1. The highest BCUT2D eigenvalue weighted by atomic mass is 127. The molecule has 1 aromatic carbocycles. The fraction of sp³-hybridized carbons (Fsp3) is 0.467. The third kappa shape index (κ3) is 5.13. The monoisotopic (exact) mass is 418 g/mol. The molecule has 0 saturated carbocycles. The largest absolute Gasteiger partial charge is 0.484 e. The van der Waals surface area contributed by atoms with Crippen molar-refractivity contribution < 1.29 is 19.1 Å². The second-order valence-corrected chi connectivity index (χ2v) is 6.23. The SMILES string of the molecule is CN(CC(=O)N1CCOCC1)C(=O)COc1ccc(I)cc1. The van der Waals surface area contributed by atoms with Gasteiger partial charge in [0.2, 0.25) is 5.91 Å². The molecule has 0 radical (unpaired) electrons. The summed E-state index contributed by atoms with van der Waals surface area (Å²) >= 11 is 2.20. The normalized spacial score (nSPS) is 14.5. The van der Waals surface area contributed by atoms with Crippen LogP contribution in [0.5, 0.6) is 5.75 Å². The van der Waals surface area contributed by atoms with Crippen molar-refractivity contribution >= 4 is 34.4 Å². The second kappa shape index (κ2) is 8.33. The molecule has 2 amide bonds. The Morgan fingerprint density at radius 2 is 1.91 bits per heavy atom. The molecule has 1 aliphatic heterocycles. The lowest BCUT2D eigenvalue weighted by molar-refractivity contribution is -0.142. The Balaban J connectivity index is 1.76. The van der Waals surface area contributed by atoms with Crippen LogP contribution in [0.15, 0.2) is 24.3 Å². The van der Waals surface area contributed by atoms with Crippen LogP contribution in [0.25, 0.3) is 0 Å². The van der Waals surface area contributed by atoms with Crippen LogP contribution in [-0.4, -0.2) is 68.1 Å². The average Bonchev–Trinajstić information content (AvgIpc) is 2.54. The van der Waals surface area contributed by atoms with Crippen molar-refractivity contribution in [1.82, 2.24) is 9.80 Å². The van der Waals surface area contributed by atoms with Crippen molar-refractivity contribution in [3.05, 3.63) is 27.8 Å². The van der Waals surface area contributed by atoms with E-state index in [4.69, 9.17) is 9.47 Å². The molecular formula is C15H19IN2O4. The second-order valence-electron chi connectivity index (χ2n) is 4.99. The predicted molar refractivity (Wildman–Crippen MR) is 89.7 cm³/mol. The van der Waals surface area contributed by atoms with Gasteiger partial charge in [-0.25, -0.2) is 0 Å². The summed E-state index contributed by atoms with van der Waals surface area (Å²) in [5, 5.41) is 0. The molecule has 0 unspecified atom stereocenters. The van der Waals surface area contributed by atoms with Gasteiger partial charge in [-0.15, -0.1) is 0 Å². The van der Waals surface area contributed by atoms with E-state index in [1.54, 1.807) is 11.9 Å². The van der Waals surface area contributed by atoms with Crippen LogP contribution in [0.3, 0.4) is 0 Å². The minimum atomic E-state index is -0.222. The van der Waals surface area contributed by atoms with Crippen LogP contribution < -0.4 is 4.74 Å². The van der Waals surface area contributed by atoms with E-state index < -0.39 is 0 Å². The molecule has 2 rings (SSSR count). The Bertz CT molecular complexity index is 515. The van der Waals surface area contributed by atoms with Crippen LogP contribution in [-0.2, 0) is 14.3 Å². The van der Waals surface area contributed by atoms with E-state index >= 15 is 0 Å². The van der Waals surface area contributed by atoms with E-state index in [2.05, 4.69) is 22.6 Å². The predicted octanol–water partition coefficient (Wildman–Crippen LogP) is 0.987. The van der Waals surface area contributed by atoms with Crippen LogP contribution in [0.1, 0.15) is 0 Å². The van der Waals surface area contributed by atoms with Crippen molar-refractivity contribution in [2.75, 3.05) is 46.5 Å². The molecule has 0 spiro atoms. The van der Waals surface area contributed by atoms with Gasteiger partial charge in [-0.05, 0) is 46.9 Å².